The maximum atomic E-state index is 9.38. The molecule has 2 heterocycles. The molecule has 8 nitrogen and oxygen atoms in total. The van der Waals surface area contributed by atoms with Crippen LogP contribution in [0.2, 0.25) is 19.6 Å². The van der Waals surface area contributed by atoms with E-state index in [9.17, 15) is 5.26 Å². The number of nitrogens with zero attached hydrogens (tertiary/aromatic N) is 4. The van der Waals surface area contributed by atoms with Gasteiger partial charge in [-0.05, 0) is 17.7 Å². The minimum Gasteiger partial charge on any atom is -0.397 e. The molecule has 29 heavy (non-hydrogen) atoms. The lowest BCUT2D eigenvalue weighted by atomic mass is 9.94. The van der Waals surface area contributed by atoms with Gasteiger partial charge in [-0.2, -0.15) is 10.5 Å². The molecule has 3 rings (SSSR count). The monoisotopic (exact) mass is 400 g/mol. The lowest BCUT2D eigenvalue weighted by Gasteiger charge is -2.26. The summed E-state index contributed by atoms with van der Waals surface area (Å²) in [7, 11) is -1.47. The third kappa shape index (κ3) is 4.13. The summed E-state index contributed by atoms with van der Waals surface area (Å²) in [5, 5.41) is 23.7. The Bertz CT molecular complexity index is 1140. The number of benzene rings is 1. The van der Waals surface area contributed by atoms with Gasteiger partial charge in [-0.3, -0.25) is 5.32 Å². The number of nitrogens with one attached hydrogen (secondary N) is 2. The SMILES string of the molecule is C[Si](C)(C)C#Cc1ccc(C2N=C(NC#N)Nc3nc(N)c(C#N)c(N)c32)cc1. The molecule has 144 valence electrons. The Morgan fingerprint density at radius 1 is 1.14 bits per heavy atom. The fourth-order valence-corrected chi connectivity index (χ4v) is 3.35. The number of anilines is 3. The Kier molecular flexibility index (Phi) is 5.14. The van der Waals surface area contributed by atoms with Crippen LogP contribution in [0.3, 0.4) is 0 Å². The number of rotatable bonds is 1. The number of pyridine rings is 1. The quantitative estimate of drug-likeness (QED) is 0.248. The first kappa shape index (κ1) is 19.8. The van der Waals surface area contributed by atoms with Crippen molar-refractivity contribution < 1.29 is 0 Å². The lowest BCUT2D eigenvalue weighted by molar-refractivity contribution is 0.846. The minimum atomic E-state index is -1.47. The third-order valence-electron chi connectivity index (χ3n) is 4.17. The van der Waals surface area contributed by atoms with Crippen molar-refractivity contribution >= 4 is 31.4 Å². The number of hydrogen-bond donors (Lipinski definition) is 4. The van der Waals surface area contributed by atoms with Gasteiger partial charge in [0.15, 0.2) is 6.19 Å². The molecule has 1 aliphatic heterocycles. The highest BCUT2D eigenvalue weighted by atomic mass is 28.3. The first-order valence-electron chi connectivity index (χ1n) is 8.85. The van der Waals surface area contributed by atoms with E-state index in [0.29, 0.717) is 11.4 Å². The van der Waals surface area contributed by atoms with Gasteiger partial charge in [0, 0.05) is 11.1 Å². The summed E-state index contributed by atoms with van der Waals surface area (Å²) in [6, 6.07) is 9.09. The summed E-state index contributed by atoms with van der Waals surface area (Å²) in [6.45, 7) is 6.56. The Balaban J connectivity index is 2.10. The maximum absolute atomic E-state index is 9.38. The van der Waals surface area contributed by atoms with Gasteiger partial charge in [0.1, 0.15) is 37.4 Å². The van der Waals surface area contributed by atoms with Crippen LogP contribution < -0.4 is 22.1 Å². The molecule has 0 amide bonds. The highest BCUT2D eigenvalue weighted by molar-refractivity contribution is 6.83. The van der Waals surface area contributed by atoms with E-state index in [-0.39, 0.29) is 23.0 Å². The Labute approximate surface area is 170 Å². The van der Waals surface area contributed by atoms with Gasteiger partial charge in [0.05, 0.1) is 5.69 Å². The molecular formula is C20H20N8Si. The van der Waals surface area contributed by atoms with E-state index in [4.69, 9.17) is 16.7 Å². The molecule has 1 atom stereocenters. The lowest BCUT2D eigenvalue weighted by Crippen LogP contribution is -2.32. The summed E-state index contributed by atoms with van der Waals surface area (Å²) in [4.78, 5) is 8.78. The summed E-state index contributed by atoms with van der Waals surface area (Å²) >= 11 is 0. The average molecular weight is 401 g/mol. The molecule has 0 saturated carbocycles. The number of nitriles is 2. The predicted molar refractivity (Wildman–Crippen MR) is 116 cm³/mol. The number of hydrogen-bond acceptors (Lipinski definition) is 8. The molecule has 0 spiro atoms. The van der Waals surface area contributed by atoms with Crippen molar-refractivity contribution in [2.75, 3.05) is 16.8 Å². The number of nitrogen functional groups attached to an aromatic ring is 2. The van der Waals surface area contributed by atoms with Crippen LogP contribution in [0.25, 0.3) is 0 Å². The number of nitrogens with two attached hydrogens (primary N) is 2. The van der Waals surface area contributed by atoms with Crippen LogP contribution in [0.1, 0.15) is 28.3 Å². The van der Waals surface area contributed by atoms with E-state index in [1.165, 1.54) is 0 Å². The largest absolute Gasteiger partial charge is 0.397 e. The molecule has 0 radical (unpaired) electrons. The zero-order valence-electron chi connectivity index (χ0n) is 16.3. The van der Waals surface area contributed by atoms with E-state index in [1.54, 1.807) is 0 Å². The number of aliphatic imine (C=N–C) groups is 1. The topological polar surface area (TPSA) is 149 Å². The fourth-order valence-electron chi connectivity index (χ4n) is 2.83. The summed E-state index contributed by atoms with van der Waals surface area (Å²) in [5.41, 5.74) is 18.0. The van der Waals surface area contributed by atoms with E-state index in [2.05, 4.69) is 51.7 Å². The van der Waals surface area contributed by atoms with Crippen LogP contribution in [0.15, 0.2) is 29.3 Å². The molecule has 0 aliphatic carbocycles. The number of aromatic nitrogens is 1. The van der Waals surface area contributed by atoms with Crippen LogP contribution >= 0.6 is 0 Å². The normalized spacial score (nSPS) is 14.8. The molecule has 0 saturated heterocycles. The number of fused-ring (bicyclic) bond motifs is 1. The second kappa shape index (κ2) is 7.55. The standard InChI is InChI=1S/C20H20N8Si/c1-29(2,3)9-8-12-4-6-13(7-5-12)17-15-16(23)14(10-21)18(24)27-19(15)28-20(26-17)25-11-22/h4-7,17H,1-3H3,(H6,23,24,25,26,27,28). The van der Waals surface area contributed by atoms with E-state index in [0.717, 1.165) is 11.1 Å². The van der Waals surface area contributed by atoms with E-state index in [1.807, 2.05) is 36.5 Å². The Morgan fingerprint density at radius 2 is 1.83 bits per heavy atom. The smallest absolute Gasteiger partial charge is 0.211 e. The predicted octanol–water partition coefficient (Wildman–Crippen LogP) is 2.29. The van der Waals surface area contributed by atoms with Gasteiger partial charge in [0.25, 0.3) is 0 Å². The maximum Gasteiger partial charge on any atom is 0.211 e. The van der Waals surface area contributed by atoms with Crippen molar-refractivity contribution in [3.05, 3.63) is 46.5 Å². The van der Waals surface area contributed by atoms with Crippen molar-refractivity contribution in [3.8, 4) is 23.7 Å². The van der Waals surface area contributed by atoms with Crippen molar-refractivity contribution in [1.29, 1.82) is 10.5 Å². The summed E-state index contributed by atoms with van der Waals surface area (Å²) in [6.07, 6.45) is 1.83. The first-order chi connectivity index (χ1) is 13.7. The Hall–Kier alpha value is -4.00. The van der Waals surface area contributed by atoms with Gasteiger partial charge in [0.2, 0.25) is 5.96 Å². The van der Waals surface area contributed by atoms with Gasteiger partial charge in [-0.1, -0.05) is 37.7 Å². The average Bonchev–Trinajstić information content (AvgIpc) is 2.66. The summed E-state index contributed by atoms with van der Waals surface area (Å²) < 4.78 is 0. The molecule has 9 heteroatoms. The second-order valence-corrected chi connectivity index (χ2v) is 12.3. The molecule has 0 fully saturated rings. The zero-order chi connectivity index (χ0) is 21.2. The molecule has 1 aromatic heterocycles. The highest BCUT2D eigenvalue weighted by Crippen LogP contribution is 2.40. The van der Waals surface area contributed by atoms with Crippen molar-refractivity contribution in [2.45, 2.75) is 25.7 Å². The van der Waals surface area contributed by atoms with Gasteiger partial charge in [-0.15, -0.1) is 5.54 Å². The second-order valence-electron chi connectivity index (χ2n) is 7.52. The first-order valence-corrected chi connectivity index (χ1v) is 12.4. The van der Waals surface area contributed by atoms with Crippen LogP contribution in [-0.2, 0) is 0 Å². The molecule has 2 aromatic rings. The van der Waals surface area contributed by atoms with Crippen molar-refractivity contribution in [1.82, 2.24) is 10.3 Å². The minimum absolute atomic E-state index is 0.0187. The molecule has 1 unspecified atom stereocenters. The molecule has 6 N–H and O–H groups in total. The third-order valence-corrected chi connectivity index (χ3v) is 5.04. The summed E-state index contributed by atoms with van der Waals surface area (Å²) in [5.74, 6) is 3.82. The molecule has 1 aromatic carbocycles. The van der Waals surface area contributed by atoms with E-state index < -0.39 is 14.1 Å². The Morgan fingerprint density at radius 3 is 2.41 bits per heavy atom. The zero-order valence-corrected chi connectivity index (χ0v) is 17.3. The van der Waals surface area contributed by atoms with Crippen LogP contribution in [0.4, 0.5) is 17.3 Å². The van der Waals surface area contributed by atoms with Gasteiger partial charge >= 0.3 is 0 Å². The van der Waals surface area contributed by atoms with Crippen molar-refractivity contribution in [3.63, 3.8) is 0 Å². The van der Waals surface area contributed by atoms with Gasteiger partial charge in [-0.25, -0.2) is 9.98 Å². The van der Waals surface area contributed by atoms with Gasteiger partial charge < -0.3 is 16.8 Å². The molecule has 1 aliphatic rings. The van der Waals surface area contributed by atoms with E-state index >= 15 is 0 Å². The fraction of sp³-hybridized carbons (Fsp3) is 0.200. The number of guanidine groups is 1. The van der Waals surface area contributed by atoms with Crippen molar-refractivity contribution in [2.24, 2.45) is 4.99 Å². The highest BCUT2D eigenvalue weighted by Gasteiger charge is 2.29. The van der Waals surface area contributed by atoms with Crippen LogP contribution in [-0.4, -0.2) is 19.0 Å². The van der Waals surface area contributed by atoms with Crippen LogP contribution in [0.5, 0.6) is 0 Å². The molecule has 0 bridgehead atoms. The molecular weight excluding hydrogens is 380 g/mol. The van der Waals surface area contributed by atoms with Crippen LogP contribution in [0, 0.1) is 34.3 Å².